The summed E-state index contributed by atoms with van der Waals surface area (Å²) in [4.78, 5) is 14.9. The third-order valence-electron chi connectivity index (χ3n) is 4.50. The first kappa shape index (κ1) is 19.1. The summed E-state index contributed by atoms with van der Waals surface area (Å²) in [6, 6.07) is 6.76. The molecule has 0 aromatic heterocycles. The first-order valence-electron chi connectivity index (χ1n) is 8.47. The van der Waals surface area contributed by atoms with Gasteiger partial charge in [-0.15, -0.1) is 0 Å². The lowest BCUT2D eigenvalue weighted by atomic mass is 9.89. The molecule has 0 radical (unpaired) electrons. The van der Waals surface area contributed by atoms with Gasteiger partial charge >= 0.3 is 0 Å². The summed E-state index contributed by atoms with van der Waals surface area (Å²) in [5.41, 5.74) is 1.08. The number of benzene rings is 1. The molecule has 1 fully saturated rings. The Morgan fingerprint density at radius 1 is 1.29 bits per heavy atom. The highest BCUT2D eigenvalue weighted by Gasteiger charge is 2.31. The molecule has 1 atom stereocenters. The molecule has 0 spiro atoms. The monoisotopic (exact) mass is 351 g/mol. The van der Waals surface area contributed by atoms with Gasteiger partial charge in [0, 0.05) is 36.5 Å². The first-order chi connectivity index (χ1) is 11.3. The molecular weight excluding hydrogens is 324 g/mol. The van der Waals surface area contributed by atoms with E-state index in [4.69, 9.17) is 0 Å². The Balaban J connectivity index is 1.91. The van der Waals surface area contributed by atoms with Crippen LogP contribution in [0.1, 0.15) is 49.5 Å². The zero-order valence-corrected chi connectivity index (χ0v) is 15.5. The van der Waals surface area contributed by atoms with Crippen molar-refractivity contribution in [2.24, 2.45) is 5.92 Å². The van der Waals surface area contributed by atoms with Crippen LogP contribution in [0.15, 0.2) is 24.3 Å². The van der Waals surface area contributed by atoms with E-state index in [2.05, 4.69) is 31.0 Å². The Hall–Kier alpha value is -1.24. The second-order valence-corrected chi connectivity index (χ2v) is 8.25. The van der Waals surface area contributed by atoms with Gasteiger partial charge in [-0.05, 0) is 43.4 Å². The van der Waals surface area contributed by atoms with Crippen LogP contribution in [0.25, 0.3) is 0 Å². The van der Waals surface area contributed by atoms with Gasteiger partial charge in [-0.25, -0.2) is 0 Å². The predicted octanol–water partition coefficient (Wildman–Crippen LogP) is 2.31. The second-order valence-electron chi connectivity index (χ2n) is 7.35. The largest absolute Gasteiger partial charge is 0.772 e. The Morgan fingerprint density at radius 3 is 2.38 bits per heavy atom. The molecule has 1 N–H and O–H groups in total. The summed E-state index contributed by atoms with van der Waals surface area (Å²) in [6.07, 6.45) is 1.89. The summed E-state index contributed by atoms with van der Waals surface area (Å²) in [5.74, 6) is 0.543. The quantitative estimate of drug-likeness (QED) is 0.798. The van der Waals surface area contributed by atoms with Crippen molar-refractivity contribution in [3.63, 3.8) is 0 Å². The number of nitrogens with one attached hydrogen (secondary N) is 1. The average Bonchev–Trinajstić information content (AvgIpc) is 2.49. The Morgan fingerprint density at radius 2 is 1.88 bits per heavy atom. The zero-order valence-electron chi connectivity index (χ0n) is 14.7. The van der Waals surface area contributed by atoms with E-state index in [1.165, 1.54) is 0 Å². The third kappa shape index (κ3) is 5.69. The van der Waals surface area contributed by atoms with Crippen LogP contribution in [-0.2, 0) is 16.8 Å². The van der Waals surface area contributed by atoms with Crippen molar-refractivity contribution in [1.82, 2.24) is 10.2 Å². The number of piperidine rings is 1. The normalized spacial score (nSPS) is 19.2. The Kier molecular flexibility index (Phi) is 6.54. The van der Waals surface area contributed by atoms with Crippen LogP contribution in [0.5, 0.6) is 0 Å². The number of hydrogen-bond acceptors (Lipinski definition) is 4. The molecule has 1 heterocycles. The number of carbonyl (C=O) groups excluding carboxylic acids is 1. The molecule has 0 saturated carbocycles. The summed E-state index contributed by atoms with van der Waals surface area (Å²) < 4.78 is 21.4. The van der Waals surface area contributed by atoms with E-state index >= 15 is 0 Å². The highest BCUT2D eigenvalue weighted by atomic mass is 32.2. The van der Waals surface area contributed by atoms with Gasteiger partial charge in [0.05, 0.1) is 0 Å². The number of likely N-dealkylation sites (tertiary alicyclic amines) is 1. The van der Waals surface area contributed by atoms with Gasteiger partial charge in [0.1, 0.15) is 0 Å². The van der Waals surface area contributed by atoms with Crippen molar-refractivity contribution in [3.05, 3.63) is 35.4 Å². The molecule has 24 heavy (non-hydrogen) atoms. The lowest BCUT2D eigenvalue weighted by Crippen LogP contribution is -2.53. The maximum atomic E-state index is 12.5. The molecule has 1 amide bonds. The molecule has 0 aliphatic carbocycles. The molecule has 2 rings (SSSR count). The van der Waals surface area contributed by atoms with Crippen molar-refractivity contribution in [3.8, 4) is 0 Å². The van der Waals surface area contributed by atoms with E-state index < -0.39 is 11.1 Å². The Bertz CT molecular complexity index is 578. The van der Waals surface area contributed by atoms with Crippen molar-refractivity contribution in [2.45, 2.75) is 44.9 Å². The molecule has 1 aliphatic heterocycles. The van der Waals surface area contributed by atoms with Gasteiger partial charge in [0.25, 0.3) is 5.91 Å². The van der Waals surface area contributed by atoms with E-state index in [-0.39, 0.29) is 17.2 Å². The van der Waals surface area contributed by atoms with Gasteiger partial charge in [0.15, 0.2) is 0 Å². The third-order valence-corrected chi connectivity index (χ3v) is 5.07. The minimum atomic E-state index is -2.11. The molecule has 5 nitrogen and oxygen atoms in total. The standard InChI is InChI=1S/C18H28N2O3S/c1-14(2)12-20-10-8-18(3,9-11-20)19-17(21)16-6-4-15(5-7-16)13-24(22)23/h4-7,14H,8-13H2,1-3H3,(H,19,21)(H,22,23)/p-1. The molecule has 1 aromatic carbocycles. The fraction of sp³-hybridized carbons (Fsp3) is 0.611. The van der Waals surface area contributed by atoms with Crippen molar-refractivity contribution in [1.29, 1.82) is 0 Å². The van der Waals surface area contributed by atoms with Gasteiger partial charge < -0.3 is 14.8 Å². The molecule has 1 aliphatic rings. The zero-order chi connectivity index (χ0) is 17.7. The summed E-state index contributed by atoms with van der Waals surface area (Å²) in [5, 5.41) is 3.16. The number of nitrogens with zero attached hydrogens (tertiary/aromatic N) is 1. The SMILES string of the molecule is CC(C)CN1CCC(C)(NC(=O)c2ccc(CS(=O)[O-])cc2)CC1. The molecule has 134 valence electrons. The number of amides is 1. The average molecular weight is 351 g/mol. The minimum Gasteiger partial charge on any atom is -0.772 e. The van der Waals surface area contributed by atoms with Crippen LogP contribution in [0.2, 0.25) is 0 Å². The van der Waals surface area contributed by atoms with E-state index in [9.17, 15) is 13.6 Å². The van der Waals surface area contributed by atoms with Crippen LogP contribution in [-0.4, -0.2) is 44.7 Å². The lowest BCUT2D eigenvalue weighted by Gasteiger charge is -2.40. The molecule has 6 heteroatoms. The maximum Gasteiger partial charge on any atom is 0.251 e. The molecular formula is C18H27N2O3S-. The smallest absolute Gasteiger partial charge is 0.251 e. The Labute approximate surface area is 147 Å². The number of rotatable bonds is 6. The molecule has 1 saturated heterocycles. The van der Waals surface area contributed by atoms with Gasteiger partial charge in [-0.2, -0.15) is 0 Å². The van der Waals surface area contributed by atoms with E-state index in [0.717, 1.165) is 32.5 Å². The molecule has 0 bridgehead atoms. The van der Waals surface area contributed by atoms with Crippen molar-refractivity contribution < 1.29 is 13.6 Å². The summed E-state index contributed by atoms with van der Waals surface area (Å²) in [7, 11) is 0. The fourth-order valence-electron chi connectivity index (χ4n) is 3.11. The van der Waals surface area contributed by atoms with Gasteiger partial charge in [-0.3, -0.25) is 9.00 Å². The van der Waals surface area contributed by atoms with E-state index in [0.29, 0.717) is 17.0 Å². The minimum absolute atomic E-state index is 0.0225. The van der Waals surface area contributed by atoms with Crippen LogP contribution < -0.4 is 5.32 Å². The van der Waals surface area contributed by atoms with Crippen LogP contribution in [0.3, 0.4) is 0 Å². The topological polar surface area (TPSA) is 72.5 Å². The highest BCUT2D eigenvalue weighted by molar-refractivity contribution is 7.78. The fourth-order valence-corrected chi connectivity index (χ4v) is 3.57. The summed E-state index contributed by atoms with van der Waals surface area (Å²) >= 11 is -2.11. The lowest BCUT2D eigenvalue weighted by molar-refractivity contribution is 0.0823. The van der Waals surface area contributed by atoms with Crippen LogP contribution in [0, 0.1) is 5.92 Å². The highest BCUT2D eigenvalue weighted by Crippen LogP contribution is 2.23. The first-order valence-corrected chi connectivity index (χ1v) is 9.71. The van der Waals surface area contributed by atoms with E-state index in [1.807, 2.05) is 0 Å². The van der Waals surface area contributed by atoms with Crippen molar-refractivity contribution >= 4 is 17.0 Å². The molecule has 1 unspecified atom stereocenters. The van der Waals surface area contributed by atoms with Crippen LogP contribution >= 0.6 is 0 Å². The number of hydrogen-bond donors (Lipinski definition) is 1. The summed E-state index contributed by atoms with van der Waals surface area (Å²) in [6.45, 7) is 9.66. The van der Waals surface area contributed by atoms with Gasteiger partial charge in [-0.1, -0.05) is 37.1 Å². The second kappa shape index (κ2) is 8.23. The predicted molar refractivity (Wildman–Crippen MR) is 95.4 cm³/mol. The molecule has 1 aromatic rings. The van der Waals surface area contributed by atoms with Crippen molar-refractivity contribution in [2.75, 3.05) is 19.6 Å². The number of carbonyl (C=O) groups is 1. The van der Waals surface area contributed by atoms with Gasteiger partial charge in [0.2, 0.25) is 0 Å². The van der Waals surface area contributed by atoms with E-state index in [1.54, 1.807) is 24.3 Å². The van der Waals surface area contributed by atoms with Crippen LogP contribution in [0.4, 0.5) is 0 Å². The maximum absolute atomic E-state index is 12.5.